The molecule has 3 aromatic carbocycles. The average molecular weight is 917 g/mol. The van der Waals surface area contributed by atoms with Crippen LogP contribution in [0.2, 0.25) is 0 Å². The summed E-state index contributed by atoms with van der Waals surface area (Å²) in [7, 11) is 0. The van der Waals surface area contributed by atoms with Crippen LogP contribution in [0.4, 0.5) is 11.4 Å². The van der Waals surface area contributed by atoms with Gasteiger partial charge in [-0.15, -0.1) is 11.3 Å². The van der Waals surface area contributed by atoms with Crippen molar-refractivity contribution < 1.29 is 0 Å². The van der Waals surface area contributed by atoms with Crippen LogP contribution in [-0.2, 0) is 21.7 Å². The Kier molecular flexibility index (Phi) is 9.83. The first-order chi connectivity index (χ1) is 32.1. The van der Waals surface area contributed by atoms with Crippen LogP contribution < -0.4 is 14.6 Å². The molecule has 1 saturated carbocycles. The van der Waals surface area contributed by atoms with Crippen LogP contribution in [-0.4, -0.2) is 6.71 Å². The summed E-state index contributed by atoms with van der Waals surface area (Å²) in [5.41, 5.74) is 23.5. The minimum atomic E-state index is 0.116. The Hall–Kier alpha value is -4.28. The summed E-state index contributed by atoms with van der Waals surface area (Å²) in [6.07, 6.45) is 23.6. The van der Waals surface area contributed by atoms with Gasteiger partial charge >= 0.3 is 0 Å². The summed E-state index contributed by atoms with van der Waals surface area (Å²) >= 11 is 2.14. The molecular formula is C64H77BN2S. The van der Waals surface area contributed by atoms with Crippen molar-refractivity contribution in [2.24, 2.45) is 22.7 Å². The standard InChI is InChI=1S/C64H77BN2S/c1-39-33-53-56-54(34-39)67(51-22-18-17-21-42(51)40-19-15-14-16-20-40)57-43-36-47-49(64(12,13)32-31-62(47,8)9)38-55(43)68-58(57)65(56)50-26-25-45-48(63(10,11)30-28-60(45,4)5)37-52(50)66(53)41-23-24-44-46(35-41)61(6,7)29-27-59(44,2)3/h14-16,19-24,34-39,45H,17-18,25-33H2,1-13H3/t39?,45-/m0/s1. The van der Waals surface area contributed by atoms with E-state index in [1.165, 1.54) is 100 Å². The maximum absolute atomic E-state index is 2.87. The van der Waals surface area contributed by atoms with E-state index < -0.39 is 0 Å². The number of hydrogen-bond donors (Lipinski definition) is 0. The lowest BCUT2D eigenvalue weighted by Gasteiger charge is -2.49. The van der Waals surface area contributed by atoms with Crippen LogP contribution in [0.1, 0.15) is 188 Å². The third kappa shape index (κ3) is 6.60. The zero-order valence-corrected chi connectivity index (χ0v) is 44.7. The lowest BCUT2D eigenvalue weighted by molar-refractivity contribution is 0.118. The van der Waals surface area contributed by atoms with Crippen molar-refractivity contribution in [2.45, 2.75) is 182 Å². The fraction of sp³-hybridized carbons (Fsp3) is 0.500. The second-order valence-electron chi connectivity index (χ2n) is 26.8. The summed E-state index contributed by atoms with van der Waals surface area (Å²) in [5.74, 6) is 0.921. The number of rotatable bonds is 3. The van der Waals surface area contributed by atoms with Gasteiger partial charge in [-0.3, -0.25) is 0 Å². The van der Waals surface area contributed by atoms with Crippen LogP contribution in [0, 0.1) is 22.7 Å². The monoisotopic (exact) mass is 917 g/mol. The van der Waals surface area contributed by atoms with Gasteiger partial charge in [0.05, 0.1) is 5.69 Å². The first-order valence-corrected chi connectivity index (χ1v) is 27.6. The van der Waals surface area contributed by atoms with Crippen molar-refractivity contribution >= 4 is 49.9 Å². The molecule has 1 unspecified atom stereocenters. The first-order valence-electron chi connectivity index (χ1n) is 26.8. The highest BCUT2D eigenvalue weighted by Crippen LogP contribution is 2.60. The van der Waals surface area contributed by atoms with Crippen LogP contribution in [0.25, 0.3) is 15.7 Å². The van der Waals surface area contributed by atoms with Gasteiger partial charge in [0.1, 0.15) is 0 Å². The molecule has 12 rings (SSSR count). The number of nitrogens with zero attached hydrogens (tertiary/aromatic N) is 2. The Morgan fingerprint density at radius 2 is 1.26 bits per heavy atom. The van der Waals surface area contributed by atoms with Gasteiger partial charge < -0.3 is 9.80 Å². The zero-order valence-electron chi connectivity index (χ0n) is 43.9. The Morgan fingerprint density at radius 1 is 0.632 bits per heavy atom. The molecule has 2 aliphatic heterocycles. The lowest BCUT2D eigenvalue weighted by Crippen LogP contribution is -2.52. The largest absolute Gasteiger partial charge is 0.315 e. The highest BCUT2D eigenvalue weighted by atomic mass is 32.1. The summed E-state index contributed by atoms with van der Waals surface area (Å²) < 4.78 is 3.03. The van der Waals surface area contributed by atoms with Gasteiger partial charge in [0.2, 0.25) is 0 Å². The third-order valence-corrected chi connectivity index (χ3v) is 20.7. The molecule has 0 saturated heterocycles. The Bertz CT molecular complexity index is 3020. The summed E-state index contributed by atoms with van der Waals surface area (Å²) in [5, 5.41) is 1.46. The SMILES string of the molecule is CC1C=C2C3=C(C1)N(c1ccc4c(c1)C(C)(C)CCC4(C)C)C1=C(CC[C@H]4C(=C1)C(C)(C)CCC4(C)C)B3c1sc3cc4c(cc3c1N2C1=CCCC=C1c1ccccc1)C(C)(C)CCC4(C)C. The predicted molar refractivity (Wildman–Crippen MR) is 294 cm³/mol. The number of fused-ring (bicyclic) bond motifs is 8. The topological polar surface area (TPSA) is 6.48 Å². The molecule has 3 heterocycles. The number of benzene rings is 3. The van der Waals surface area contributed by atoms with E-state index in [4.69, 9.17) is 0 Å². The normalized spacial score (nSPS) is 26.8. The van der Waals surface area contributed by atoms with Gasteiger partial charge in [-0.2, -0.15) is 0 Å². The molecule has 0 amide bonds. The van der Waals surface area contributed by atoms with Crippen LogP contribution in [0.15, 0.2) is 124 Å². The van der Waals surface area contributed by atoms with Gasteiger partial charge in [-0.05, 0) is 179 Å². The molecule has 1 aromatic heterocycles. The fourth-order valence-corrected chi connectivity index (χ4v) is 16.3. The van der Waals surface area contributed by atoms with Crippen molar-refractivity contribution in [1.29, 1.82) is 0 Å². The second-order valence-corrected chi connectivity index (χ2v) is 27.9. The van der Waals surface area contributed by atoms with E-state index >= 15 is 0 Å². The average Bonchev–Trinajstić information content (AvgIpc) is 3.53. The van der Waals surface area contributed by atoms with Gasteiger partial charge in [0.25, 0.3) is 6.71 Å². The van der Waals surface area contributed by atoms with Gasteiger partial charge in [0.15, 0.2) is 0 Å². The summed E-state index contributed by atoms with van der Waals surface area (Å²) in [6, 6.07) is 24.5. The lowest BCUT2D eigenvalue weighted by atomic mass is 9.33. The second kappa shape index (κ2) is 14.9. The van der Waals surface area contributed by atoms with Gasteiger partial charge in [-0.25, -0.2) is 0 Å². The Morgan fingerprint density at radius 3 is 1.97 bits per heavy atom. The summed E-state index contributed by atoms with van der Waals surface area (Å²) in [4.78, 5) is 5.71. The molecule has 8 aliphatic rings. The molecule has 0 spiro atoms. The Balaban J connectivity index is 1.19. The fourth-order valence-electron chi connectivity index (χ4n) is 14.9. The first kappa shape index (κ1) is 44.9. The Labute approximate surface area is 414 Å². The van der Waals surface area contributed by atoms with Crippen molar-refractivity contribution in [3.8, 4) is 0 Å². The van der Waals surface area contributed by atoms with Crippen molar-refractivity contribution in [2.75, 3.05) is 9.80 Å². The minimum Gasteiger partial charge on any atom is -0.315 e. The van der Waals surface area contributed by atoms with Crippen molar-refractivity contribution in [1.82, 2.24) is 0 Å². The molecule has 352 valence electrons. The number of anilines is 2. The number of thiophene rings is 1. The van der Waals surface area contributed by atoms with Crippen molar-refractivity contribution in [3.63, 3.8) is 0 Å². The molecule has 6 aliphatic carbocycles. The summed E-state index contributed by atoms with van der Waals surface area (Å²) in [6.45, 7) is 33.1. The predicted octanol–water partition coefficient (Wildman–Crippen LogP) is 17.1. The number of hydrogen-bond acceptors (Lipinski definition) is 3. The molecule has 1 fully saturated rings. The maximum Gasteiger partial charge on any atom is 0.259 e. The van der Waals surface area contributed by atoms with E-state index in [1.807, 2.05) is 0 Å². The molecule has 4 heteroatoms. The van der Waals surface area contributed by atoms with E-state index in [1.54, 1.807) is 43.5 Å². The molecule has 68 heavy (non-hydrogen) atoms. The molecule has 2 nitrogen and oxygen atoms in total. The van der Waals surface area contributed by atoms with E-state index in [0.717, 1.165) is 25.7 Å². The molecule has 0 radical (unpaired) electrons. The zero-order chi connectivity index (χ0) is 47.7. The number of allylic oxidation sites excluding steroid dienone is 9. The smallest absolute Gasteiger partial charge is 0.259 e. The quantitative estimate of drug-likeness (QED) is 0.189. The molecule has 0 N–H and O–H groups in total. The van der Waals surface area contributed by atoms with Crippen LogP contribution in [0.3, 0.4) is 0 Å². The molecule has 2 atom stereocenters. The molecular weight excluding hydrogens is 840 g/mol. The van der Waals surface area contributed by atoms with Crippen molar-refractivity contribution in [3.05, 3.63) is 152 Å². The third-order valence-electron chi connectivity index (χ3n) is 19.4. The van der Waals surface area contributed by atoms with Gasteiger partial charge in [0, 0.05) is 48.9 Å². The molecule has 0 bridgehead atoms. The van der Waals surface area contributed by atoms with E-state index in [0.29, 0.717) is 11.8 Å². The van der Waals surface area contributed by atoms with E-state index in [2.05, 4.69) is 196 Å². The van der Waals surface area contributed by atoms with Crippen LogP contribution in [0.5, 0.6) is 0 Å². The van der Waals surface area contributed by atoms with E-state index in [-0.39, 0.29) is 39.2 Å². The minimum absolute atomic E-state index is 0.116. The highest BCUT2D eigenvalue weighted by Gasteiger charge is 2.53. The van der Waals surface area contributed by atoms with E-state index in [9.17, 15) is 0 Å². The molecule has 4 aromatic rings. The maximum atomic E-state index is 2.87. The van der Waals surface area contributed by atoms with Gasteiger partial charge in [-0.1, -0.05) is 156 Å². The highest BCUT2D eigenvalue weighted by molar-refractivity contribution is 7.32. The van der Waals surface area contributed by atoms with Crippen LogP contribution >= 0.6 is 11.3 Å².